The number of nitrogens with zero attached hydrogens (tertiary/aromatic N) is 2. The van der Waals surface area contributed by atoms with Crippen LogP contribution in [0.25, 0.3) is 0 Å². The molecular formula is C19H31N3O3S. The molecule has 1 aliphatic heterocycles. The molecule has 1 saturated heterocycles. The van der Waals surface area contributed by atoms with E-state index in [4.69, 9.17) is 0 Å². The lowest BCUT2D eigenvalue weighted by Gasteiger charge is -2.32. The Labute approximate surface area is 157 Å². The van der Waals surface area contributed by atoms with Crippen molar-refractivity contribution in [3.63, 3.8) is 0 Å². The van der Waals surface area contributed by atoms with E-state index in [1.807, 2.05) is 31.2 Å². The topological polar surface area (TPSA) is 69.7 Å². The summed E-state index contributed by atoms with van der Waals surface area (Å²) in [6.07, 6.45) is 4.56. The quantitative estimate of drug-likeness (QED) is 0.751. The Kier molecular flexibility index (Phi) is 7.32. The highest BCUT2D eigenvalue weighted by atomic mass is 32.2. The van der Waals surface area contributed by atoms with E-state index in [9.17, 15) is 13.2 Å². The molecule has 26 heavy (non-hydrogen) atoms. The summed E-state index contributed by atoms with van der Waals surface area (Å²) < 4.78 is 25.6. The van der Waals surface area contributed by atoms with Gasteiger partial charge in [-0.05, 0) is 49.4 Å². The van der Waals surface area contributed by atoms with Crippen molar-refractivity contribution < 1.29 is 13.2 Å². The Bertz CT molecular complexity index is 680. The molecule has 1 N–H and O–H groups in total. The molecule has 1 aromatic carbocycles. The fourth-order valence-electron chi connectivity index (χ4n) is 3.14. The largest absolute Gasteiger partial charge is 0.372 e. The third-order valence-corrected chi connectivity index (χ3v) is 5.99. The molecule has 0 aliphatic carbocycles. The van der Waals surface area contributed by atoms with Gasteiger partial charge >= 0.3 is 0 Å². The maximum absolute atomic E-state index is 12.2. The number of hydrogen-bond donors (Lipinski definition) is 1. The molecule has 6 nitrogen and oxygen atoms in total. The Balaban J connectivity index is 2.05. The van der Waals surface area contributed by atoms with Crippen LogP contribution >= 0.6 is 0 Å². The second-order valence-electron chi connectivity index (χ2n) is 7.12. The maximum atomic E-state index is 12.2. The summed E-state index contributed by atoms with van der Waals surface area (Å²) >= 11 is 0. The zero-order valence-corrected chi connectivity index (χ0v) is 16.9. The average Bonchev–Trinajstić information content (AvgIpc) is 2.60. The first-order valence-corrected chi connectivity index (χ1v) is 11.3. The van der Waals surface area contributed by atoms with E-state index in [0.717, 1.165) is 31.1 Å². The van der Waals surface area contributed by atoms with Gasteiger partial charge in [-0.3, -0.25) is 9.10 Å². The zero-order valence-electron chi connectivity index (χ0n) is 16.1. The van der Waals surface area contributed by atoms with Gasteiger partial charge in [0, 0.05) is 38.3 Å². The first-order chi connectivity index (χ1) is 12.3. The summed E-state index contributed by atoms with van der Waals surface area (Å²) in [5, 5.41) is 2.78. The molecule has 1 aromatic rings. The van der Waals surface area contributed by atoms with Gasteiger partial charge in [0.05, 0.1) is 11.9 Å². The Morgan fingerprint density at radius 2 is 1.85 bits per heavy atom. The van der Waals surface area contributed by atoms with Crippen molar-refractivity contribution in [2.24, 2.45) is 5.92 Å². The fraction of sp³-hybridized carbons (Fsp3) is 0.632. The van der Waals surface area contributed by atoms with Gasteiger partial charge in [-0.15, -0.1) is 0 Å². The van der Waals surface area contributed by atoms with Gasteiger partial charge in [-0.2, -0.15) is 0 Å². The average molecular weight is 382 g/mol. The van der Waals surface area contributed by atoms with E-state index >= 15 is 0 Å². The summed E-state index contributed by atoms with van der Waals surface area (Å²) in [7, 11) is -3.44. The first-order valence-electron chi connectivity index (χ1n) is 9.40. The highest BCUT2D eigenvalue weighted by Gasteiger charge is 2.20. The van der Waals surface area contributed by atoms with Gasteiger partial charge in [0.25, 0.3) is 0 Å². The fourth-order valence-corrected chi connectivity index (χ4v) is 4.07. The maximum Gasteiger partial charge on any atom is 0.232 e. The molecule has 7 heteroatoms. The third-order valence-electron chi connectivity index (χ3n) is 4.80. The minimum atomic E-state index is -3.44. The molecule has 2 rings (SSSR count). The van der Waals surface area contributed by atoms with Gasteiger partial charge in [-0.1, -0.05) is 13.8 Å². The van der Waals surface area contributed by atoms with Gasteiger partial charge in [-0.25, -0.2) is 8.42 Å². The summed E-state index contributed by atoms with van der Waals surface area (Å²) in [5.41, 5.74) is 1.72. The van der Waals surface area contributed by atoms with Crippen LogP contribution < -0.4 is 14.5 Å². The van der Waals surface area contributed by atoms with Crippen molar-refractivity contribution in [3.05, 3.63) is 24.3 Å². The van der Waals surface area contributed by atoms with Crippen molar-refractivity contribution in [3.8, 4) is 0 Å². The van der Waals surface area contributed by atoms with Crippen LogP contribution in [0.5, 0.6) is 0 Å². The number of nitrogens with one attached hydrogen (secondary N) is 1. The van der Waals surface area contributed by atoms with E-state index in [1.165, 1.54) is 23.4 Å². The molecule has 0 bridgehead atoms. The minimum absolute atomic E-state index is 0.125. The molecular weight excluding hydrogens is 350 g/mol. The van der Waals surface area contributed by atoms with E-state index in [2.05, 4.69) is 17.1 Å². The van der Waals surface area contributed by atoms with Gasteiger partial charge in [0.1, 0.15) is 0 Å². The number of amides is 1. The Morgan fingerprint density at radius 1 is 1.23 bits per heavy atom. The minimum Gasteiger partial charge on any atom is -0.372 e. The number of hydrogen-bond acceptors (Lipinski definition) is 4. The molecule has 0 spiro atoms. The van der Waals surface area contributed by atoms with Gasteiger partial charge in [0.2, 0.25) is 15.9 Å². The van der Waals surface area contributed by atoms with Gasteiger partial charge < -0.3 is 10.2 Å². The van der Waals surface area contributed by atoms with E-state index < -0.39 is 10.0 Å². The van der Waals surface area contributed by atoms with Crippen LogP contribution in [0, 0.1) is 5.92 Å². The molecule has 1 fully saturated rings. The van der Waals surface area contributed by atoms with Crippen LogP contribution in [0.1, 0.15) is 39.5 Å². The predicted octanol–water partition coefficient (Wildman–Crippen LogP) is 2.61. The molecule has 0 radical (unpaired) electrons. The lowest BCUT2D eigenvalue weighted by Crippen LogP contribution is -2.35. The van der Waals surface area contributed by atoms with Crippen LogP contribution in [0.15, 0.2) is 24.3 Å². The second kappa shape index (κ2) is 9.26. The molecule has 1 amide bonds. The normalized spacial score (nSPS) is 15.7. The van der Waals surface area contributed by atoms with Crippen LogP contribution in [-0.2, 0) is 14.8 Å². The van der Waals surface area contributed by atoms with Crippen LogP contribution in [0.2, 0.25) is 0 Å². The monoisotopic (exact) mass is 381 g/mol. The summed E-state index contributed by atoms with van der Waals surface area (Å²) in [4.78, 5) is 14.2. The number of anilines is 2. The molecule has 146 valence electrons. The van der Waals surface area contributed by atoms with Crippen molar-refractivity contribution >= 4 is 27.3 Å². The predicted molar refractivity (Wildman–Crippen MR) is 107 cm³/mol. The molecule has 1 heterocycles. The number of carbonyl (C=O) groups is 1. The Morgan fingerprint density at radius 3 is 2.38 bits per heavy atom. The van der Waals surface area contributed by atoms with Crippen LogP contribution in [-0.4, -0.2) is 46.8 Å². The van der Waals surface area contributed by atoms with Gasteiger partial charge in [0.15, 0.2) is 0 Å². The second-order valence-corrected chi connectivity index (χ2v) is 9.03. The highest BCUT2D eigenvalue weighted by molar-refractivity contribution is 7.92. The lowest BCUT2D eigenvalue weighted by molar-refractivity contribution is -0.120. The summed E-state index contributed by atoms with van der Waals surface area (Å²) in [5.74, 6) is 0.643. The first kappa shape index (κ1) is 20.6. The van der Waals surface area contributed by atoms with Crippen molar-refractivity contribution in [1.82, 2.24) is 5.32 Å². The van der Waals surface area contributed by atoms with Crippen molar-refractivity contribution in [2.45, 2.75) is 39.5 Å². The molecule has 0 saturated carbocycles. The van der Waals surface area contributed by atoms with Crippen LogP contribution in [0.4, 0.5) is 11.4 Å². The standard InChI is InChI=1S/C19H31N3O3S/c1-4-12-20-19(23)11-15-22(26(3,24)25)18-7-5-17(6-8-18)21-13-9-16(2)10-14-21/h5-8,16H,4,9-15H2,1-3H3,(H,20,23). The van der Waals surface area contributed by atoms with E-state index in [0.29, 0.717) is 12.2 Å². The SMILES string of the molecule is CCCNC(=O)CCN(c1ccc(N2CCC(C)CC2)cc1)S(C)(=O)=O. The van der Waals surface area contributed by atoms with Crippen molar-refractivity contribution in [2.75, 3.05) is 41.6 Å². The van der Waals surface area contributed by atoms with Crippen molar-refractivity contribution in [1.29, 1.82) is 0 Å². The number of rotatable bonds is 8. The lowest BCUT2D eigenvalue weighted by atomic mass is 9.99. The number of carbonyl (C=O) groups excluding carboxylic acids is 1. The molecule has 0 aromatic heterocycles. The van der Waals surface area contributed by atoms with Crippen LogP contribution in [0.3, 0.4) is 0 Å². The smallest absolute Gasteiger partial charge is 0.232 e. The highest BCUT2D eigenvalue weighted by Crippen LogP contribution is 2.26. The Hall–Kier alpha value is -1.76. The zero-order chi connectivity index (χ0) is 19.2. The molecule has 0 atom stereocenters. The molecule has 1 aliphatic rings. The summed E-state index contributed by atoms with van der Waals surface area (Å²) in [6, 6.07) is 7.61. The third kappa shape index (κ3) is 5.90. The van der Waals surface area contributed by atoms with E-state index in [-0.39, 0.29) is 18.9 Å². The number of benzene rings is 1. The number of piperidine rings is 1. The molecule has 0 unspecified atom stereocenters. The number of sulfonamides is 1. The summed E-state index contributed by atoms with van der Waals surface area (Å²) in [6.45, 7) is 7.09. The van der Waals surface area contributed by atoms with E-state index in [1.54, 1.807) is 0 Å².